The van der Waals surface area contributed by atoms with Crippen molar-refractivity contribution in [1.82, 2.24) is 0 Å². The van der Waals surface area contributed by atoms with E-state index < -0.39 is 25.5 Å². The van der Waals surface area contributed by atoms with Crippen molar-refractivity contribution >= 4 is 13.6 Å². The summed E-state index contributed by atoms with van der Waals surface area (Å²) in [7, 11) is -4.42. The van der Waals surface area contributed by atoms with Crippen molar-refractivity contribution < 1.29 is 28.6 Å². The predicted molar refractivity (Wildman–Crippen MR) is 61.3 cm³/mol. The van der Waals surface area contributed by atoms with Crippen molar-refractivity contribution in [3.05, 3.63) is 0 Å². The van der Waals surface area contributed by atoms with Gasteiger partial charge in [0.1, 0.15) is 0 Å². The minimum Gasteiger partial charge on any atom is -0.466 e. The molecule has 0 aromatic carbocycles. The number of hydrogen-bond acceptors (Lipinski definition) is 5. The van der Waals surface area contributed by atoms with E-state index in [4.69, 9.17) is 20.3 Å². The highest BCUT2D eigenvalue weighted by Crippen LogP contribution is 2.43. The van der Waals surface area contributed by atoms with Gasteiger partial charge in [-0.1, -0.05) is 0 Å². The van der Waals surface area contributed by atoms with E-state index in [1.165, 1.54) is 0 Å². The standard InChI is InChI=1S/C9H20NO6P/c1-3-15-8(11)6-5-7(10)9(16-4-2)17(12,13)14/h7,9H,3-6,10H2,1-2H3,(H2,12,13,14). The van der Waals surface area contributed by atoms with Crippen LogP contribution < -0.4 is 5.73 Å². The molecule has 0 aliphatic heterocycles. The Balaban J connectivity index is 4.29. The first-order chi connectivity index (χ1) is 7.82. The number of rotatable bonds is 8. The normalized spacial score (nSPS) is 15.4. The van der Waals surface area contributed by atoms with E-state index in [0.29, 0.717) is 0 Å². The van der Waals surface area contributed by atoms with Gasteiger partial charge in [0.25, 0.3) is 0 Å². The van der Waals surface area contributed by atoms with Crippen molar-refractivity contribution in [3.63, 3.8) is 0 Å². The molecule has 4 N–H and O–H groups in total. The second-order valence-electron chi connectivity index (χ2n) is 3.44. The van der Waals surface area contributed by atoms with Crippen LogP contribution in [-0.2, 0) is 18.8 Å². The molecule has 2 atom stereocenters. The monoisotopic (exact) mass is 269 g/mol. The molecule has 0 saturated carbocycles. The van der Waals surface area contributed by atoms with Gasteiger partial charge in [0.15, 0.2) is 5.85 Å². The lowest BCUT2D eigenvalue weighted by Gasteiger charge is -2.24. The first kappa shape index (κ1) is 16.5. The van der Waals surface area contributed by atoms with Gasteiger partial charge < -0.3 is 25.0 Å². The molecule has 0 aliphatic rings. The molecule has 0 amide bonds. The highest BCUT2D eigenvalue weighted by Gasteiger charge is 2.35. The molecular weight excluding hydrogens is 249 g/mol. The molecule has 2 unspecified atom stereocenters. The summed E-state index contributed by atoms with van der Waals surface area (Å²) in [5.74, 6) is -1.81. The number of carbonyl (C=O) groups excluding carboxylic acids is 1. The third kappa shape index (κ3) is 6.75. The fraction of sp³-hybridized carbons (Fsp3) is 0.889. The highest BCUT2D eigenvalue weighted by molar-refractivity contribution is 7.52. The second kappa shape index (κ2) is 7.79. The third-order valence-corrected chi connectivity index (χ3v) is 3.22. The van der Waals surface area contributed by atoms with Crippen LogP contribution in [0.3, 0.4) is 0 Å². The molecule has 0 aliphatic carbocycles. The molecule has 0 saturated heterocycles. The van der Waals surface area contributed by atoms with Gasteiger partial charge in [-0.25, -0.2) is 0 Å². The van der Waals surface area contributed by atoms with E-state index in [1.54, 1.807) is 13.8 Å². The number of ether oxygens (including phenoxy) is 2. The fourth-order valence-corrected chi connectivity index (χ4v) is 2.29. The lowest BCUT2D eigenvalue weighted by molar-refractivity contribution is -0.143. The zero-order valence-electron chi connectivity index (χ0n) is 10.0. The smallest absolute Gasteiger partial charge is 0.355 e. The van der Waals surface area contributed by atoms with Crippen molar-refractivity contribution in [2.75, 3.05) is 13.2 Å². The summed E-state index contributed by atoms with van der Waals surface area (Å²) < 4.78 is 20.7. The van der Waals surface area contributed by atoms with Crippen molar-refractivity contribution in [2.45, 2.75) is 38.6 Å². The Kier molecular flexibility index (Phi) is 7.58. The van der Waals surface area contributed by atoms with Gasteiger partial charge in [-0.3, -0.25) is 9.36 Å². The molecule has 0 aromatic rings. The largest absolute Gasteiger partial charge is 0.466 e. The minimum absolute atomic E-state index is 0.0125. The summed E-state index contributed by atoms with van der Waals surface area (Å²) in [6, 6.07) is -0.903. The molecule has 0 spiro atoms. The van der Waals surface area contributed by atoms with E-state index in [9.17, 15) is 9.36 Å². The van der Waals surface area contributed by atoms with Gasteiger partial charge in [-0.2, -0.15) is 0 Å². The van der Waals surface area contributed by atoms with E-state index in [-0.39, 0.29) is 26.1 Å². The summed E-state index contributed by atoms with van der Waals surface area (Å²) in [4.78, 5) is 29.1. The van der Waals surface area contributed by atoms with Gasteiger partial charge in [-0.15, -0.1) is 0 Å². The van der Waals surface area contributed by atoms with Crippen LogP contribution >= 0.6 is 7.60 Å². The summed E-state index contributed by atoms with van der Waals surface area (Å²) in [6.07, 6.45) is 0.118. The van der Waals surface area contributed by atoms with Gasteiger partial charge in [0.05, 0.1) is 6.61 Å². The average Bonchev–Trinajstić information content (AvgIpc) is 2.21. The SMILES string of the molecule is CCOC(=O)CCC(N)C(OCC)P(=O)(O)O. The van der Waals surface area contributed by atoms with E-state index in [1.807, 2.05) is 0 Å². The van der Waals surface area contributed by atoms with E-state index >= 15 is 0 Å². The Morgan fingerprint density at radius 2 is 1.94 bits per heavy atom. The zero-order chi connectivity index (χ0) is 13.5. The molecule has 0 aromatic heterocycles. The summed E-state index contributed by atoms with van der Waals surface area (Å²) in [6.45, 7) is 3.70. The Hall–Kier alpha value is -0.460. The summed E-state index contributed by atoms with van der Waals surface area (Å²) in [5, 5.41) is 0. The summed E-state index contributed by atoms with van der Waals surface area (Å²) in [5.41, 5.74) is 5.61. The van der Waals surface area contributed by atoms with Crippen LogP contribution in [0.5, 0.6) is 0 Å². The molecule has 0 bridgehead atoms. The maximum atomic E-state index is 11.1. The van der Waals surface area contributed by atoms with Crippen LogP contribution in [0.4, 0.5) is 0 Å². The fourth-order valence-electron chi connectivity index (χ4n) is 1.30. The van der Waals surface area contributed by atoms with E-state index in [0.717, 1.165) is 0 Å². The van der Waals surface area contributed by atoms with Crippen molar-refractivity contribution in [1.29, 1.82) is 0 Å². The molecule has 0 fully saturated rings. The van der Waals surface area contributed by atoms with E-state index in [2.05, 4.69) is 4.74 Å². The zero-order valence-corrected chi connectivity index (χ0v) is 10.9. The molecule has 8 heteroatoms. The van der Waals surface area contributed by atoms with Crippen LogP contribution in [-0.4, -0.2) is 40.9 Å². The van der Waals surface area contributed by atoms with Gasteiger partial charge in [0, 0.05) is 19.1 Å². The maximum Gasteiger partial charge on any atom is 0.355 e. The first-order valence-corrected chi connectivity index (χ1v) is 7.09. The number of hydrogen-bond donors (Lipinski definition) is 3. The molecule has 17 heavy (non-hydrogen) atoms. The van der Waals surface area contributed by atoms with Gasteiger partial charge >= 0.3 is 13.6 Å². The van der Waals surface area contributed by atoms with Crippen LogP contribution in [0.15, 0.2) is 0 Å². The Labute approximate surface area is 100 Å². The topological polar surface area (TPSA) is 119 Å². The third-order valence-electron chi connectivity index (χ3n) is 2.02. The highest BCUT2D eigenvalue weighted by atomic mass is 31.2. The van der Waals surface area contributed by atoms with Gasteiger partial charge in [-0.05, 0) is 20.3 Å². The predicted octanol–water partition coefficient (Wildman–Crippen LogP) is 0.197. The molecule has 0 rings (SSSR count). The second-order valence-corrected chi connectivity index (χ2v) is 5.13. The van der Waals surface area contributed by atoms with Crippen molar-refractivity contribution in [3.8, 4) is 0 Å². The average molecular weight is 269 g/mol. The van der Waals surface area contributed by atoms with Crippen LogP contribution in [0.25, 0.3) is 0 Å². The Morgan fingerprint density at radius 1 is 1.35 bits per heavy atom. The molecule has 0 heterocycles. The van der Waals surface area contributed by atoms with Crippen molar-refractivity contribution in [2.24, 2.45) is 5.73 Å². The number of carbonyl (C=O) groups is 1. The minimum atomic E-state index is -4.42. The van der Waals surface area contributed by atoms with Crippen LogP contribution in [0, 0.1) is 0 Å². The molecular formula is C9H20NO6P. The molecule has 102 valence electrons. The molecule has 0 radical (unpaired) electrons. The van der Waals surface area contributed by atoms with Crippen LogP contribution in [0.1, 0.15) is 26.7 Å². The number of esters is 1. The van der Waals surface area contributed by atoms with Crippen LogP contribution in [0.2, 0.25) is 0 Å². The molecule has 7 nitrogen and oxygen atoms in total. The lowest BCUT2D eigenvalue weighted by atomic mass is 10.2. The number of nitrogens with two attached hydrogens (primary N) is 1. The first-order valence-electron chi connectivity index (χ1n) is 5.40. The Morgan fingerprint density at radius 3 is 2.35 bits per heavy atom. The maximum absolute atomic E-state index is 11.1. The quantitative estimate of drug-likeness (QED) is 0.425. The summed E-state index contributed by atoms with van der Waals surface area (Å²) >= 11 is 0. The Bertz CT molecular complexity index is 279. The lowest BCUT2D eigenvalue weighted by Crippen LogP contribution is -2.37. The van der Waals surface area contributed by atoms with Gasteiger partial charge in [0.2, 0.25) is 0 Å².